The summed E-state index contributed by atoms with van der Waals surface area (Å²) in [6.07, 6.45) is -0.461. The Kier molecular flexibility index (Phi) is 6.41. The number of carbonyl (C=O) groups excluding carboxylic acids is 2. The summed E-state index contributed by atoms with van der Waals surface area (Å²) >= 11 is 0. The molecule has 0 atom stereocenters. The summed E-state index contributed by atoms with van der Waals surface area (Å²) in [5, 5.41) is 2.66. The Hall–Kier alpha value is -3.60. The molecule has 0 N–H and O–H groups in total. The molecule has 0 saturated carbocycles. The number of hydrazine groups is 1. The summed E-state index contributed by atoms with van der Waals surface area (Å²) in [4.78, 5) is 26.1. The van der Waals surface area contributed by atoms with Gasteiger partial charge >= 0.3 is 6.09 Å². The molecule has 0 heterocycles. The first kappa shape index (κ1) is 19.2. The second kappa shape index (κ2) is 9.37. The molecule has 0 saturated heterocycles. The minimum atomic E-state index is -0.612. The van der Waals surface area contributed by atoms with E-state index in [1.807, 2.05) is 66.7 Å². The van der Waals surface area contributed by atoms with E-state index in [0.29, 0.717) is 11.4 Å². The van der Waals surface area contributed by atoms with Crippen molar-refractivity contribution in [2.75, 3.05) is 16.6 Å². The Morgan fingerprint density at radius 2 is 1.18 bits per heavy atom. The smallest absolute Gasteiger partial charge is 0.434 e. The number of ether oxygens (including phenoxy) is 1. The van der Waals surface area contributed by atoms with Crippen LogP contribution >= 0.6 is 0 Å². The average molecular weight is 374 g/mol. The van der Waals surface area contributed by atoms with E-state index in [1.165, 1.54) is 10.0 Å². The minimum Gasteiger partial charge on any atom is -0.448 e. The maximum atomic E-state index is 13.3. The third-order valence-corrected chi connectivity index (χ3v) is 4.08. The van der Waals surface area contributed by atoms with Crippen LogP contribution in [0.1, 0.15) is 12.5 Å². The Morgan fingerprint density at radius 3 is 1.68 bits per heavy atom. The van der Waals surface area contributed by atoms with Crippen molar-refractivity contribution in [1.82, 2.24) is 0 Å². The summed E-state index contributed by atoms with van der Waals surface area (Å²) < 4.78 is 5.25. The molecule has 0 radical (unpaired) electrons. The van der Waals surface area contributed by atoms with Crippen LogP contribution in [0.25, 0.3) is 0 Å². The molecule has 3 aromatic carbocycles. The van der Waals surface area contributed by atoms with E-state index in [1.54, 1.807) is 31.2 Å². The van der Waals surface area contributed by atoms with Crippen molar-refractivity contribution in [2.24, 2.45) is 0 Å². The summed E-state index contributed by atoms with van der Waals surface area (Å²) in [5.41, 5.74) is 2.00. The van der Waals surface area contributed by atoms with Gasteiger partial charge in [-0.1, -0.05) is 66.7 Å². The predicted molar refractivity (Wildman–Crippen MR) is 110 cm³/mol. The van der Waals surface area contributed by atoms with E-state index in [4.69, 9.17) is 4.74 Å². The van der Waals surface area contributed by atoms with Crippen LogP contribution in [0.2, 0.25) is 0 Å². The van der Waals surface area contributed by atoms with E-state index >= 15 is 0 Å². The van der Waals surface area contributed by atoms with Crippen molar-refractivity contribution in [3.63, 3.8) is 0 Å². The molecular weight excluding hydrogens is 352 g/mol. The van der Waals surface area contributed by atoms with Crippen molar-refractivity contribution >= 4 is 23.4 Å². The van der Waals surface area contributed by atoms with E-state index in [0.717, 1.165) is 5.56 Å². The van der Waals surface area contributed by atoms with Crippen molar-refractivity contribution < 1.29 is 14.3 Å². The van der Waals surface area contributed by atoms with Gasteiger partial charge in [0.15, 0.2) is 0 Å². The second-order valence-corrected chi connectivity index (χ2v) is 6.05. The number of para-hydroxylation sites is 2. The zero-order valence-electron chi connectivity index (χ0n) is 15.7. The summed E-state index contributed by atoms with van der Waals surface area (Å²) in [6.45, 7) is 1.94. The summed E-state index contributed by atoms with van der Waals surface area (Å²) in [6, 6.07) is 27.5. The van der Waals surface area contributed by atoms with Crippen molar-refractivity contribution in [3.05, 3.63) is 96.6 Å². The Morgan fingerprint density at radius 1 is 0.714 bits per heavy atom. The number of amides is 2. The molecule has 142 valence electrons. The van der Waals surface area contributed by atoms with Crippen molar-refractivity contribution in [3.8, 4) is 0 Å². The van der Waals surface area contributed by atoms with Gasteiger partial charge in [0.1, 0.15) is 0 Å². The number of hydrogen-bond acceptors (Lipinski definition) is 3. The van der Waals surface area contributed by atoms with Gasteiger partial charge < -0.3 is 4.74 Å². The summed E-state index contributed by atoms with van der Waals surface area (Å²) in [5.74, 6) is -0.241. The molecule has 0 aliphatic carbocycles. The molecule has 5 heteroatoms. The SMILES string of the molecule is CCOC(=O)N(c1ccccc1)N(C(=O)Cc1ccccc1)c1ccccc1. The van der Waals surface area contributed by atoms with Crippen LogP contribution < -0.4 is 10.0 Å². The van der Waals surface area contributed by atoms with E-state index in [2.05, 4.69) is 0 Å². The van der Waals surface area contributed by atoms with Gasteiger partial charge in [-0.2, -0.15) is 5.01 Å². The molecule has 28 heavy (non-hydrogen) atoms. The molecule has 5 nitrogen and oxygen atoms in total. The van der Waals surface area contributed by atoms with Gasteiger partial charge in [-0.15, -0.1) is 0 Å². The van der Waals surface area contributed by atoms with E-state index < -0.39 is 6.09 Å². The number of rotatable bonds is 5. The molecular formula is C23H22N2O3. The fourth-order valence-corrected chi connectivity index (χ4v) is 2.84. The van der Waals surface area contributed by atoms with E-state index in [9.17, 15) is 9.59 Å². The summed E-state index contributed by atoms with van der Waals surface area (Å²) in [7, 11) is 0. The van der Waals surface area contributed by atoms with E-state index in [-0.39, 0.29) is 18.9 Å². The Labute approximate surface area is 164 Å². The quantitative estimate of drug-likeness (QED) is 0.601. The van der Waals surface area contributed by atoms with Gasteiger partial charge in [0, 0.05) is 0 Å². The van der Waals surface area contributed by atoms with Gasteiger partial charge in [0.2, 0.25) is 0 Å². The molecule has 3 rings (SSSR count). The maximum Gasteiger partial charge on any atom is 0.434 e. The van der Waals surface area contributed by atoms with Gasteiger partial charge in [-0.05, 0) is 36.8 Å². The van der Waals surface area contributed by atoms with Gasteiger partial charge in [0.05, 0.1) is 24.4 Å². The third-order valence-electron chi connectivity index (χ3n) is 4.08. The normalized spacial score (nSPS) is 10.2. The number of hydrogen-bond donors (Lipinski definition) is 0. The highest BCUT2D eigenvalue weighted by Crippen LogP contribution is 2.25. The first-order chi connectivity index (χ1) is 13.7. The van der Waals surface area contributed by atoms with Crippen LogP contribution in [-0.2, 0) is 16.0 Å². The number of carbonyl (C=O) groups is 2. The van der Waals surface area contributed by atoms with Crippen LogP contribution in [-0.4, -0.2) is 18.6 Å². The van der Waals surface area contributed by atoms with Gasteiger partial charge in [-0.3, -0.25) is 4.79 Å². The van der Waals surface area contributed by atoms with Gasteiger partial charge in [-0.25, -0.2) is 9.80 Å². The standard InChI is InChI=1S/C23H22N2O3/c1-2-28-23(27)25(21-16-10-5-11-17-21)24(20-14-8-4-9-15-20)22(26)18-19-12-6-3-7-13-19/h3-17H,2,18H2,1H3. The molecule has 0 bridgehead atoms. The molecule has 0 spiro atoms. The molecule has 0 aliphatic heterocycles. The lowest BCUT2D eigenvalue weighted by Gasteiger charge is -2.34. The topological polar surface area (TPSA) is 49.9 Å². The fraction of sp³-hybridized carbons (Fsp3) is 0.130. The second-order valence-electron chi connectivity index (χ2n) is 6.05. The number of anilines is 2. The Balaban J connectivity index is 2.04. The van der Waals surface area contributed by atoms with Crippen molar-refractivity contribution in [2.45, 2.75) is 13.3 Å². The molecule has 0 fully saturated rings. The zero-order valence-corrected chi connectivity index (χ0v) is 15.7. The number of nitrogens with zero attached hydrogens (tertiary/aromatic N) is 2. The first-order valence-electron chi connectivity index (χ1n) is 9.14. The molecule has 0 aromatic heterocycles. The monoisotopic (exact) mass is 374 g/mol. The molecule has 3 aromatic rings. The first-order valence-corrected chi connectivity index (χ1v) is 9.14. The minimum absolute atomic E-state index is 0.151. The third kappa shape index (κ3) is 4.57. The highest BCUT2D eigenvalue weighted by Gasteiger charge is 2.30. The van der Waals surface area contributed by atoms with Crippen LogP contribution in [0, 0.1) is 0 Å². The highest BCUT2D eigenvalue weighted by molar-refractivity contribution is 6.04. The Bertz CT molecular complexity index is 899. The lowest BCUT2D eigenvalue weighted by molar-refractivity contribution is -0.118. The fourth-order valence-electron chi connectivity index (χ4n) is 2.84. The number of benzene rings is 3. The maximum absolute atomic E-state index is 13.3. The van der Waals surface area contributed by atoms with Crippen LogP contribution in [0.4, 0.5) is 16.2 Å². The molecule has 2 amide bonds. The average Bonchev–Trinajstić information content (AvgIpc) is 2.74. The van der Waals surface area contributed by atoms with Crippen molar-refractivity contribution in [1.29, 1.82) is 0 Å². The lowest BCUT2D eigenvalue weighted by atomic mass is 10.1. The zero-order chi connectivity index (χ0) is 19.8. The van der Waals surface area contributed by atoms with Crippen LogP contribution in [0.5, 0.6) is 0 Å². The van der Waals surface area contributed by atoms with Crippen LogP contribution in [0.15, 0.2) is 91.0 Å². The predicted octanol–water partition coefficient (Wildman–Crippen LogP) is 4.84. The molecule has 0 aliphatic rings. The van der Waals surface area contributed by atoms with Crippen LogP contribution in [0.3, 0.4) is 0 Å². The van der Waals surface area contributed by atoms with Gasteiger partial charge in [0.25, 0.3) is 5.91 Å². The molecule has 0 unspecified atom stereocenters. The highest BCUT2D eigenvalue weighted by atomic mass is 16.6. The lowest BCUT2D eigenvalue weighted by Crippen LogP contribution is -2.51. The largest absolute Gasteiger partial charge is 0.448 e.